The van der Waals surface area contributed by atoms with E-state index in [1.165, 1.54) is 6.07 Å². The lowest BCUT2D eigenvalue weighted by molar-refractivity contribution is 0.0541. The van der Waals surface area contributed by atoms with Crippen molar-refractivity contribution < 1.29 is 18.7 Å². The molecule has 5 rings (SSSR count). The highest BCUT2D eigenvalue weighted by molar-refractivity contribution is 5.96. The van der Waals surface area contributed by atoms with Crippen molar-refractivity contribution in [1.29, 1.82) is 0 Å². The number of benzene rings is 1. The highest BCUT2D eigenvalue weighted by Gasteiger charge is 2.48. The van der Waals surface area contributed by atoms with Gasteiger partial charge in [-0.05, 0) is 74.8 Å². The number of furan rings is 1. The van der Waals surface area contributed by atoms with Gasteiger partial charge >= 0.3 is 0 Å². The first kappa shape index (κ1) is 18.3. The van der Waals surface area contributed by atoms with E-state index in [2.05, 4.69) is 10.3 Å². The van der Waals surface area contributed by atoms with Crippen molar-refractivity contribution in [2.75, 3.05) is 0 Å². The van der Waals surface area contributed by atoms with Crippen LogP contribution in [0.3, 0.4) is 0 Å². The molecule has 0 unspecified atom stereocenters. The van der Waals surface area contributed by atoms with Crippen molar-refractivity contribution in [3.8, 4) is 11.3 Å². The largest absolute Gasteiger partial charge is 0.464 e. The molecule has 2 fully saturated rings. The summed E-state index contributed by atoms with van der Waals surface area (Å²) in [5.41, 5.74) is 1.33. The van der Waals surface area contributed by atoms with Gasteiger partial charge in [-0.2, -0.15) is 0 Å². The number of carbonyl (C=O) groups excluding carboxylic acids is 1. The molecule has 2 aromatic heterocycles. The first-order valence-corrected chi connectivity index (χ1v) is 10.2. The molecule has 3 aromatic rings. The predicted octanol–water partition coefficient (Wildman–Crippen LogP) is 4.45. The molecule has 0 atom stereocenters. The number of halogens is 1. The van der Waals surface area contributed by atoms with E-state index in [1.807, 2.05) is 0 Å². The van der Waals surface area contributed by atoms with E-state index < -0.39 is 11.4 Å². The third-order valence-corrected chi connectivity index (χ3v) is 6.45. The lowest BCUT2D eigenvalue weighted by Crippen LogP contribution is -2.39. The zero-order valence-corrected chi connectivity index (χ0v) is 16.0. The van der Waals surface area contributed by atoms with Crippen molar-refractivity contribution >= 4 is 16.9 Å². The van der Waals surface area contributed by atoms with E-state index in [1.54, 1.807) is 36.7 Å². The summed E-state index contributed by atoms with van der Waals surface area (Å²) >= 11 is 0. The minimum Gasteiger partial charge on any atom is -0.464 e. The molecule has 150 valence electrons. The van der Waals surface area contributed by atoms with Crippen LogP contribution >= 0.6 is 0 Å². The zero-order valence-electron chi connectivity index (χ0n) is 16.0. The predicted molar refractivity (Wildman–Crippen MR) is 107 cm³/mol. The topological polar surface area (TPSA) is 75.4 Å². The molecule has 2 aliphatic rings. The van der Waals surface area contributed by atoms with Crippen LogP contribution in [0.5, 0.6) is 0 Å². The van der Waals surface area contributed by atoms with Crippen LogP contribution in [0.15, 0.2) is 47.2 Å². The Morgan fingerprint density at radius 1 is 1.17 bits per heavy atom. The van der Waals surface area contributed by atoms with Gasteiger partial charge in [-0.1, -0.05) is 0 Å². The summed E-state index contributed by atoms with van der Waals surface area (Å²) in [5.74, 6) is -0.400. The van der Waals surface area contributed by atoms with Gasteiger partial charge in [0.15, 0.2) is 0 Å². The van der Waals surface area contributed by atoms with Gasteiger partial charge in [0, 0.05) is 28.8 Å². The van der Waals surface area contributed by atoms with Crippen LogP contribution < -0.4 is 5.32 Å². The van der Waals surface area contributed by atoms with Gasteiger partial charge in [-0.25, -0.2) is 4.39 Å². The smallest absolute Gasteiger partial charge is 0.251 e. The molecule has 0 radical (unpaired) electrons. The van der Waals surface area contributed by atoms with E-state index >= 15 is 0 Å². The molecule has 6 heteroatoms. The number of pyridine rings is 1. The molecular weight excluding hydrogens is 371 g/mol. The molecule has 0 saturated heterocycles. The SMILES string of the molecule is O=C(NC1CCC(C2(O)CC2)CC1)c1ccc(-c2nccc3occc23)c(F)c1. The molecule has 1 amide bonds. The Bertz CT molecular complexity index is 1060. The lowest BCUT2D eigenvalue weighted by Gasteiger charge is -2.32. The van der Waals surface area contributed by atoms with Crippen LogP contribution in [0.2, 0.25) is 0 Å². The summed E-state index contributed by atoms with van der Waals surface area (Å²) in [6, 6.07) is 8.06. The molecule has 0 bridgehead atoms. The number of fused-ring (bicyclic) bond motifs is 1. The summed E-state index contributed by atoms with van der Waals surface area (Å²) in [7, 11) is 0. The molecule has 1 aromatic carbocycles. The standard InChI is InChI=1S/C23H23FN2O3/c24-19-13-14(1-6-17(19)21-18-8-12-29-20(18)7-11-25-21)22(27)26-16-4-2-15(3-5-16)23(28)9-10-23/h1,6-8,11-13,15-16,28H,2-5,9-10H2,(H,26,27). The van der Waals surface area contributed by atoms with Crippen LogP contribution in [0.4, 0.5) is 4.39 Å². The summed E-state index contributed by atoms with van der Waals surface area (Å²) in [6.07, 6.45) is 8.49. The van der Waals surface area contributed by atoms with Crippen molar-refractivity contribution in [3.63, 3.8) is 0 Å². The Hall–Kier alpha value is -2.73. The lowest BCUT2D eigenvalue weighted by atomic mass is 9.81. The van der Waals surface area contributed by atoms with Gasteiger partial charge in [0.1, 0.15) is 11.4 Å². The minimum atomic E-state index is -0.487. The highest BCUT2D eigenvalue weighted by Crippen LogP contribution is 2.48. The van der Waals surface area contributed by atoms with Crippen LogP contribution in [-0.4, -0.2) is 27.6 Å². The van der Waals surface area contributed by atoms with Crippen LogP contribution in [0.25, 0.3) is 22.2 Å². The number of aromatic nitrogens is 1. The molecule has 0 spiro atoms. The normalized spacial score (nSPS) is 23.1. The van der Waals surface area contributed by atoms with E-state index in [0.717, 1.165) is 43.9 Å². The summed E-state index contributed by atoms with van der Waals surface area (Å²) in [4.78, 5) is 16.9. The van der Waals surface area contributed by atoms with Gasteiger partial charge in [-0.3, -0.25) is 9.78 Å². The van der Waals surface area contributed by atoms with Gasteiger partial charge in [0.25, 0.3) is 5.91 Å². The third-order valence-electron chi connectivity index (χ3n) is 6.45. The highest BCUT2D eigenvalue weighted by atomic mass is 19.1. The fourth-order valence-electron chi connectivity index (χ4n) is 4.54. The third kappa shape index (κ3) is 3.42. The maximum atomic E-state index is 14.8. The molecule has 2 aliphatic carbocycles. The van der Waals surface area contributed by atoms with Crippen LogP contribution in [-0.2, 0) is 0 Å². The number of aliphatic hydroxyl groups is 1. The Morgan fingerprint density at radius 3 is 2.69 bits per heavy atom. The zero-order chi connectivity index (χ0) is 20.0. The summed E-state index contributed by atoms with van der Waals surface area (Å²) in [5, 5.41) is 14.0. The van der Waals surface area contributed by atoms with Crippen molar-refractivity contribution in [3.05, 3.63) is 54.2 Å². The van der Waals surface area contributed by atoms with Crippen molar-refractivity contribution in [2.24, 2.45) is 5.92 Å². The van der Waals surface area contributed by atoms with Gasteiger partial charge < -0.3 is 14.8 Å². The van der Waals surface area contributed by atoms with Crippen LogP contribution in [0, 0.1) is 11.7 Å². The summed E-state index contributed by atoms with van der Waals surface area (Å²) < 4.78 is 20.2. The second kappa shape index (κ2) is 6.95. The van der Waals surface area contributed by atoms with Gasteiger partial charge in [-0.15, -0.1) is 0 Å². The molecule has 2 N–H and O–H groups in total. The van der Waals surface area contributed by atoms with Gasteiger partial charge in [0.05, 0.1) is 17.6 Å². The number of nitrogens with one attached hydrogen (secondary N) is 1. The number of hydrogen-bond donors (Lipinski definition) is 2. The maximum absolute atomic E-state index is 14.8. The molecule has 2 saturated carbocycles. The fourth-order valence-corrected chi connectivity index (χ4v) is 4.54. The quantitative estimate of drug-likeness (QED) is 0.686. The Morgan fingerprint density at radius 2 is 1.97 bits per heavy atom. The van der Waals surface area contributed by atoms with E-state index in [-0.39, 0.29) is 11.9 Å². The summed E-state index contributed by atoms with van der Waals surface area (Å²) in [6.45, 7) is 0. The van der Waals surface area contributed by atoms with Crippen molar-refractivity contribution in [2.45, 2.75) is 50.2 Å². The molecular formula is C23H23FN2O3. The first-order chi connectivity index (χ1) is 14.0. The number of amides is 1. The number of carbonyl (C=O) groups is 1. The van der Waals surface area contributed by atoms with E-state index in [0.29, 0.717) is 28.3 Å². The molecule has 0 aliphatic heterocycles. The average Bonchev–Trinajstić information content (AvgIpc) is 3.29. The van der Waals surface area contributed by atoms with E-state index in [9.17, 15) is 14.3 Å². The van der Waals surface area contributed by atoms with E-state index in [4.69, 9.17) is 4.42 Å². The molecule has 29 heavy (non-hydrogen) atoms. The average molecular weight is 394 g/mol. The van der Waals surface area contributed by atoms with Crippen LogP contribution in [0.1, 0.15) is 48.9 Å². The Kier molecular flexibility index (Phi) is 4.39. The minimum absolute atomic E-state index is 0.0742. The monoisotopic (exact) mass is 394 g/mol. The van der Waals surface area contributed by atoms with Gasteiger partial charge in [0.2, 0.25) is 0 Å². The first-order valence-electron chi connectivity index (χ1n) is 10.2. The fraction of sp³-hybridized carbons (Fsp3) is 0.391. The molecule has 5 nitrogen and oxygen atoms in total. The number of hydrogen-bond acceptors (Lipinski definition) is 4. The second-order valence-corrected chi connectivity index (χ2v) is 8.31. The Labute approximate surface area is 167 Å². The Balaban J connectivity index is 1.29. The molecule has 2 heterocycles. The maximum Gasteiger partial charge on any atom is 0.251 e. The van der Waals surface area contributed by atoms with Crippen molar-refractivity contribution in [1.82, 2.24) is 10.3 Å². The number of nitrogens with zero attached hydrogens (tertiary/aromatic N) is 1. The second-order valence-electron chi connectivity index (χ2n) is 8.31. The number of rotatable bonds is 4.